The molecule has 0 aliphatic carbocycles. The summed E-state index contributed by atoms with van der Waals surface area (Å²) >= 11 is 0. The molecule has 0 unspecified atom stereocenters. The van der Waals surface area contributed by atoms with Crippen molar-refractivity contribution in [1.29, 1.82) is 0 Å². The third-order valence-corrected chi connectivity index (χ3v) is 7.02. The molecule has 0 saturated carbocycles. The zero-order chi connectivity index (χ0) is 25.5. The lowest BCUT2D eigenvalue weighted by Crippen LogP contribution is -2.40. The summed E-state index contributed by atoms with van der Waals surface area (Å²) in [5, 5.41) is 2.60. The van der Waals surface area contributed by atoms with E-state index >= 15 is 0 Å². The van der Waals surface area contributed by atoms with Crippen LogP contribution in [0.15, 0.2) is 90.0 Å². The maximum Gasteiger partial charge on any atom is 0.328 e. The van der Waals surface area contributed by atoms with Gasteiger partial charge in [0.2, 0.25) is 0 Å². The quantitative estimate of drug-likeness (QED) is 0.353. The molecule has 36 heavy (non-hydrogen) atoms. The van der Waals surface area contributed by atoms with Crippen LogP contribution in [0.2, 0.25) is 0 Å². The molecule has 0 fully saturated rings. The van der Waals surface area contributed by atoms with Crippen LogP contribution >= 0.6 is 0 Å². The van der Waals surface area contributed by atoms with E-state index < -0.39 is 16.1 Å². The van der Waals surface area contributed by atoms with Crippen molar-refractivity contribution in [2.75, 3.05) is 13.7 Å². The van der Waals surface area contributed by atoms with Gasteiger partial charge in [0.15, 0.2) is 0 Å². The van der Waals surface area contributed by atoms with E-state index in [-0.39, 0.29) is 11.4 Å². The Morgan fingerprint density at radius 3 is 2.31 bits per heavy atom. The summed E-state index contributed by atoms with van der Waals surface area (Å²) in [7, 11) is -2.48. The van der Waals surface area contributed by atoms with Gasteiger partial charge in [-0.15, -0.1) is 0 Å². The summed E-state index contributed by atoms with van der Waals surface area (Å²) in [5.41, 5.74) is 4.01. The first-order valence-electron chi connectivity index (χ1n) is 11.6. The minimum absolute atomic E-state index is 0.0181. The number of sulfonamides is 1. The fourth-order valence-electron chi connectivity index (χ4n) is 3.76. The van der Waals surface area contributed by atoms with E-state index in [0.29, 0.717) is 12.2 Å². The first-order valence-corrected chi connectivity index (χ1v) is 13.1. The predicted octanol–water partition coefficient (Wildman–Crippen LogP) is 4.34. The number of ether oxygens (including phenoxy) is 1. The molecule has 0 spiro atoms. The van der Waals surface area contributed by atoms with Crippen molar-refractivity contribution in [2.45, 2.75) is 24.7 Å². The highest BCUT2D eigenvalue weighted by Gasteiger charge is 2.17. The van der Waals surface area contributed by atoms with Gasteiger partial charge in [0.25, 0.3) is 10.0 Å². The van der Waals surface area contributed by atoms with E-state index in [1.54, 1.807) is 0 Å². The molecular weight excluding hydrogens is 476 g/mol. The highest BCUT2D eigenvalue weighted by Crippen LogP contribution is 2.22. The van der Waals surface area contributed by atoms with Gasteiger partial charge in [0.05, 0.1) is 17.7 Å². The molecule has 0 atom stereocenters. The second-order valence-electron chi connectivity index (χ2n) is 8.09. The summed E-state index contributed by atoms with van der Waals surface area (Å²) in [6, 6.07) is 23.1. The van der Waals surface area contributed by atoms with E-state index in [2.05, 4.69) is 16.8 Å². The number of rotatable bonds is 9. The SMILES string of the molecule is CCc1nc(-c2ccccc2)cn1-c1ccc(CCNC(=O)NS(=O)(=O)c2ccc(OC)cc2)cc1. The van der Waals surface area contributed by atoms with Crippen LogP contribution < -0.4 is 14.8 Å². The van der Waals surface area contributed by atoms with E-state index in [0.717, 1.165) is 34.8 Å². The average molecular weight is 505 g/mol. The van der Waals surface area contributed by atoms with Crippen molar-refractivity contribution in [2.24, 2.45) is 0 Å². The molecule has 1 heterocycles. The number of benzene rings is 3. The fraction of sp³-hybridized carbons (Fsp3) is 0.185. The summed E-state index contributed by atoms with van der Waals surface area (Å²) in [4.78, 5) is 16.9. The highest BCUT2D eigenvalue weighted by atomic mass is 32.2. The van der Waals surface area contributed by atoms with E-state index in [9.17, 15) is 13.2 Å². The van der Waals surface area contributed by atoms with Crippen molar-refractivity contribution < 1.29 is 17.9 Å². The van der Waals surface area contributed by atoms with Gasteiger partial charge in [-0.2, -0.15) is 0 Å². The predicted molar refractivity (Wildman–Crippen MR) is 139 cm³/mol. The van der Waals surface area contributed by atoms with Crippen LogP contribution in [0, 0.1) is 0 Å². The van der Waals surface area contributed by atoms with Crippen LogP contribution in [-0.4, -0.2) is 37.7 Å². The van der Waals surface area contributed by atoms with Gasteiger partial charge in [-0.1, -0.05) is 49.4 Å². The maximum absolute atomic E-state index is 12.4. The summed E-state index contributed by atoms with van der Waals surface area (Å²) in [6.45, 7) is 2.36. The number of hydrogen-bond donors (Lipinski definition) is 2. The van der Waals surface area contributed by atoms with Crippen molar-refractivity contribution in [3.05, 3.63) is 96.4 Å². The Labute approximate surface area is 211 Å². The van der Waals surface area contributed by atoms with Crippen LogP contribution in [0.25, 0.3) is 16.9 Å². The third-order valence-electron chi connectivity index (χ3n) is 5.68. The summed E-state index contributed by atoms with van der Waals surface area (Å²) in [6.07, 6.45) is 3.39. The number of methoxy groups -OCH3 is 1. The molecule has 0 aliphatic heterocycles. The monoisotopic (exact) mass is 504 g/mol. The van der Waals surface area contributed by atoms with E-state index in [1.165, 1.54) is 31.4 Å². The Kier molecular flexibility index (Phi) is 7.70. The van der Waals surface area contributed by atoms with Gasteiger partial charge in [-0.05, 0) is 48.4 Å². The molecule has 0 aliphatic rings. The average Bonchev–Trinajstić information content (AvgIpc) is 3.34. The van der Waals surface area contributed by atoms with E-state index in [1.807, 2.05) is 65.5 Å². The number of carbonyl (C=O) groups is 1. The van der Waals surface area contributed by atoms with Crippen molar-refractivity contribution in [3.63, 3.8) is 0 Å². The van der Waals surface area contributed by atoms with Crippen LogP contribution in [0.3, 0.4) is 0 Å². The standard InChI is InChI=1S/C27H28N4O4S/c1-3-26-29-25(21-7-5-4-6-8-21)19-31(26)22-11-9-20(10-12-22)17-18-28-27(32)30-36(33,34)24-15-13-23(35-2)14-16-24/h4-16,19H,3,17-18H2,1-2H3,(H2,28,30,32). The molecule has 3 aromatic carbocycles. The number of nitrogens with zero attached hydrogens (tertiary/aromatic N) is 2. The largest absolute Gasteiger partial charge is 0.497 e. The van der Waals surface area contributed by atoms with Gasteiger partial charge >= 0.3 is 6.03 Å². The number of hydrogen-bond acceptors (Lipinski definition) is 5. The van der Waals surface area contributed by atoms with Gasteiger partial charge in [0.1, 0.15) is 11.6 Å². The number of nitrogens with one attached hydrogen (secondary N) is 2. The first kappa shape index (κ1) is 25.0. The lowest BCUT2D eigenvalue weighted by molar-refractivity contribution is 0.246. The fourth-order valence-corrected chi connectivity index (χ4v) is 4.68. The molecular formula is C27H28N4O4S. The van der Waals surface area contributed by atoms with Crippen LogP contribution in [0.4, 0.5) is 4.79 Å². The molecule has 2 amide bonds. The zero-order valence-corrected chi connectivity index (χ0v) is 21.0. The third kappa shape index (κ3) is 5.92. The number of urea groups is 1. The van der Waals surface area contributed by atoms with Crippen LogP contribution in [0.5, 0.6) is 5.75 Å². The first-order chi connectivity index (χ1) is 17.4. The minimum atomic E-state index is -3.97. The smallest absolute Gasteiger partial charge is 0.328 e. The Balaban J connectivity index is 1.34. The number of aryl methyl sites for hydroxylation is 1. The molecule has 4 aromatic rings. The van der Waals surface area contributed by atoms with Crippen molar-refractivity contribution >= 4 is 16.1 Å². The normalized spacial score (nSPS) is 11.2. The Bertz CT molecular complexity index is 1420. The van der Waals surface area contributed by atoms with Crippen LogP contribution in [-0.2, 0) is 22.9 Å². The number of amides is 2. The van der Waals surface area contributed by atoms with Gasteiger partial charge in [-0.3, -0.25) is 0 Å². The number of imidazole rings is 1. The lowest BCUT2D eigenvalue weighted by Gasteiger charge is -2.10. The molecule has 8 nitrogen and oxygen atoms in total. The molecule has 0 radical (unpaired) electrons. The molecule has 9 heteroatoms. The van der Waals surface area contributed by atoms with Crippen molar-refractivity contribution in [1.82, 2.24) is 19.6 Å². The summed E-state index contributed by atoms with van der Waals surface area (Å²) in [5.74, 6) is 1.50. The molecule has 4 rings (SSSR count). The lowest BCUT2D eigenvalue weighted by atomic mass is 10.1. The minimum Gasteiger partial charge on any atom is -0.497 e. The van der Waals surface area contributed by atoms with E-state index in [4.69, 9.17) is 9.72 Å². The summed E-state index contributed by atoms with van der Waals surface area (Å²) < 4.78 is 33.9. The molecule has 2 N–H and O–H groups in total. The van der Waals surface area contributed by atoms with Gasteiger partial charge in [0, 0.05) is 30.4 Å². The number of carbonyl (C=O) groups excluding carboxylic acids is 1. The molecule has 186 valence electrons. The Morgan fingerprint density at radius 1 is 0.972 bits per heavy atom. The topological polar surface area (TPSA) is 102 Å². The van der Waals surface area contributed by atoms with Gasteiger partial charge in [-0.25, -0.2) is 22.9 Å². The Morgan fingerprint density at radius 2 is 1.67 bits per heavy atom. The van der Waals surface area contributed by atoms with Crippen LogP contribution in [0.1, 0.15) is 18.3 Å². The second kappa shape index (κ2) is 11.1. The van der Waals surface area contributed by atoms with Gasteiger partial charge < -0.3 is 14.6 Å². The second-order valence-corrected chi connectivity index (χ2v) is 9.77. The van der Waals surface area contributed by atoms with Crippen molar-refractivity contribution in [3.8, 4) is 22.7 Å². The number of aromatic nitrogens is 2. The maximum atomic E-state index is 12.4. The molecule has 1 aromatic heterocycles. The Hall–Kier alpha value is -4.11. The molecule has 0 bridgehead atoms. The zero-order valence-electron chi connectivity index (χ0n) is 20.1. The highest BCUT2D eigenvalue weighted by molar-refractivity contribution is 7.90. The molecule has 0 saturated heterocycles.